The van der Waals surface area contributed by atoms with Gasteiger partial charge in [-0.25, -0.2) is 0 Å². The number of nitrogens with zero attached hydrogens (tertiary/aromatic N) is 1. The summed E-state index contributed by atoms with van der Waals surface area (Å²) >= 11 is 6.12. The van der Waals surface area contributed by atoms with Crippen molar-refractivity contribution in [3.05, 3.63) is 59.1 Å². The molecule has 1 aliphatic heterocycles. The fraction of sp³-hybridized carbons (Fsp3) is 0.333. The van der Waals surface area contributed by atoms with Crippen LogP contribution in [0, 0.1) is 5.92 Å². The molecule has 2 amide bonds. The van der Waals surface area contributed by atoms with Gasteiger partial charge in [-0.1, -0.05) is 29.8 Å². The second kappa shape index (κ2) is 9.57. The van der Waals surface area contributed by atoms with Crippen LogP contribution in [0.2, 0.25) is 5.02 Å². The van der Waals surface area contributed by atoms with Crippen LogP contribution in [0.3, 0.4) is 0 Å². The van der Waals surface area contributed by atoms with Crippen molar-refractivity contribution in [1.29, 1.82) is 0 Å². The molecule has 2 aromatic rings. The number of aliphatic hydroxyl groups excluding tert-OH is 1. The van der Waals surface area contributed by atoms with Gasteiger partial charge < -0.3 is 20.6 Å². The van der Waals surface area contributed by atoms with E-state index in [-0.39, 0.29) is 25.0 Å². The van der Waals surface area contributed by atoms with Gasteiger partial charge in [-0.2, -0.15) is 0 Å². The zero-order chi connectivity index (χ0) is 19.9. The zero-order valence-electron chi connectivity index (χ0n) is 15.5. The Kier molecular flexibility index (Phi) is 6.90. The van der Waals surface area contributed by atoms with Crippen LogP contribution in [0.25, 0.3) is 0 Å². The third-order valence-corrected chi connectivity index (χ3v) is 5.13. The molecule has 0 aliphatic carbocycles. The first-order chi connectivity index (χ1) is 13.6. The van der Waals surface area contributed by atoms with E-state index in [1.54, 1.807) is 36.4 Å². The van der Waals surface area contributed by atoms with E-state index in [9.17, 15) is 14.7 Å². The molecule has 148 valence electrons. The highest BCUT2D eigenvalue weighted by Crippen LogP contribution is 2.32. The Morgan fingerprint density at radius 2 is 1.82 bits per heavy atom. The molecule has 1 saturated heterocycles. The third kappa shape index (κ3) is 5.24. The minimum absolute atomic E-state index is 0.133. The van der Waals surface area contributed by atoms with E-state index >= 15 is 0 Å². The van der Waals surface area contributed by atoms with Crippen LogP contribution in [0.15, 0.2) is 48.5 Å². The first-order valence-corrected chi connectivity index (χ1v) is 9.73. The van der Waals surface area contributed by atoms with Crippen molar-refractivity contribution in [3.63, 3.8) is 0 Å². The lowest BCUT2D eigenvalue weighted by Gasteiger charge is -2.34. The second-order valence-corrected chi connectivity index (χ2v) is 7.31. The van der Waals surface area contributed by atoms with Crippen molar-refractivity contribution in [2.24, 2.45) is 5.92 Å². The van der Waals surface area contributed by atoms with E-state index in [2.05, 4.69) is 15.5 Å². The van der Waals surface area contributed by atoms with E-state index in [1.807, 2.05) is 12.1 Å². The number of nitrogens with one attached hydrogen (secondary N) is 2. The van der Waals surface area contributed by atoms with Gasteiger partial charge in [0.05, 0.1) is 17.9 Å². The maximum Gasteiger partial charge on any atom is 0.251 e. The van der Waals surface area contributed by atoms with Crippen LogP contribution in [-0.2, 0) is 4.79 Å². The Balaban J connectivity index is 1.62. The van der Waals surface area contributed by atoms with E-state index in [1.165, 1.54) is 0 Å². The van der Waals surface area contributed by atoms with Crippen LogP contribution < -0.4 is 15.5 Å². The number of halogens is 1. The molecular formula is C21H24ClN3O3. The number of aliphatic hydroxyl groups is 1. The highest BCUT2D eigenvalue weighted by Gasteiger charge is 2.21. The minimum atomic E-state index is -0.321. The molecule has 7 heteroatoms. The molecule has 2 aromatic carbocycles. The smallest absolute Gasteiger partial charge is 0.251 e. The molecule has 0 spiro atoms. The van der Waals surface area contributed by atoms with Crippen molar-refractivity contribution in [3.8, 4) is 0 Å². The Morgan fingerprint density at radius 1 is 1.11 bits per heavy atom. The maximum absolute atomic E-state index is 12.4. The van der Waals surface area contributed by atoms with E-state index in [4.69, 9.17) is 11.6 Å². The van der Waals surface area contributed by atoms with Crippen LogP contribution in [-0.4, -0.2) is 43.2 Å². The van der Waals surface area contributed by atoms with Crippen molar-refractivity contribution < 1.29 is 14.7 Å². The topological polar surface area (TPSA) is 81.7 Å². The summed E-state index contributed by atoms with van der Waals surface area (Å²) in [5.41, 5.74) is 2.02. The highest BCUT2D eigenvalue weighted by molar-refractivity contribution is 6.31. The molecule has 6 nitrogen and oxygen atoms in total. The van der Waals surface area contributed by atoms with Crippen LogP contribution in [0.5, 0.6) is 0 Å². The van der Waals surface area contributed by atoms with Gasteiger partial charge in [0.15, 0.2) is 0 Å². The average molecular weight is 402 g/mol. The number of piperidine rings is 1. The van der Waals surface area contributed by atoms with Gasteiger partial charge in [0, 0.05) is 30.3 Å². The van der Waals surface area contributed by atoms with Gasteiger partial charge >= 0.3 is 0 Å². The number of carbonyl (C=O) groups is 2. The zero-order valence-corrected chi connectivity index (χ0v) is 16.3. The van der Waals surface area contributed by atoms with E-state index in [0.717, 1.165) is 31.6 Å². The Morgan fingerprint density at radius 3 is 2.50 bits per heavy atom. The van der Waals surface area contributed by atoms with Crippen LogP contribution >= 0.6 is 11.6 Å². The molecular weight excluding hydrogens is 378 g/mol. The van der Waals surface area contributed by atoms with Gasteiger partial charge in [0.1, 0.15) is 0 Å². The lowest BCUT2D eigenvalue weighted by atomic mass is 9.97. The average Bonchev–Trinajstić information content (AvgIpc) is 2.73. The summed E-state index contributed by atoms with van der Waals surface area (Å²) in [7, 11) is 0. The summed E-state index contributed by atoms with van der Waals surface area (Å²) in [6.07, 6.45) is 1.80. The second-order valence-electron chi connectivity index (χ2n) is 6.87. The Bertz CT molecular complexity index is 821. The molecule has 28 heavy (non-hydrogen) atoms. The fourth-order valence-electron chi connectivity index (χ4n) is 3.29. The number of anilines is 2. The predicted octanol–water partition coefficient (Wildman–Crippen LogP) is 2.92. The van der Waals surface area contributed by atoms with E-state index in [0.29, 0.717) is 22.2 Å². The molecule has 1 heterocycles. The molecule has 1 fully saturated rings. The number of rotatable bonds is 6. The summed E-state index contributed by atoms with van der Waals surface area (Å²) in [5.74, 6) is -0.291. The third-order valence-electron chi connectivity index (χ3n) is 4.89. The maximum atomic E-state index is 12.4. The molecule has 0 aromatic heterocycles. The number of hydrogen-bond acceptors (Lipinski definition) is 4. The largest absolute Gasteiger partial charge is 0.396 e. The number of amides is 2. The van der Waals surface area contributed by atoms with Crippen molar-refractivity contribution in [2.75, 3.05) is 36.5 Å². The van der Waals surface area contributed by atoms with Crippen molar-refractivity contribution >= 4 is 34.8 Å². The molecule has 3 N–H and O–H groups in total. The molecule has 0 unspecified atom stereocenters. The molecule has 0 atom stereocenters. The Hall–Kier alpha value is -2.57. The fourth-order valence-corrected chi connectivity index (χ4v) is 3.46. The quantitative estimate of drug-likeness (QED) is 0.695. The molecule has 3 rings (SSSR count). The summed E-state index contributed by atoms with van der Waals surface area (Å²) < 4.78 is 0. The van der Waals surface area contributed by atoms with E-state index < -0.39 is 0 Å². The van der Waals surface area contributed by atoms with Gasteiger partial charge in [-0.3, -0.25) is 9.59 Å². The number of benzene rings is 2. The molecule has 0 radical (unpaired) electrons. The number of carbonyl (C=O) groups excluding carboxylic acids is 2. The predicted molar refractivity (Wildman–Crippen MR) is 111 cm³/mol. The standard InChI is InChI=1S/C21H24ClN3O3/c22-17-6-7-19(25-10-8-15(14-26)9-11-25)18(12-17)24-20(27)13-23-21(28)16-4-2-1-3-5-16/h1-7,12,15,26H,8-11,13-14H2,(H,23,28)(H,24,27). The monoisotopic (exact) mass is 401 g/mol. The molecule has 1 aliphatic rings. The van der Waals surface area contributed by atoms with Gasteiger partial charge in [0.25, 0.3) is 5.91 Å². The lowest BCUT2D eigenvalue weighted by molar-refractivity contribution is -0.115. The minimum Gasteiger partial charge on any atom is -0.396 e. The number of hydrogen-bond donors (Lipinski definition) is 3. The first-order valence-electron chi connectivity index (χ1n) is 9.35. The SMILES string of the molecule is O=C(CNC(=O)c1ccccc1)Nc1cc(Cl)ccc1N1CCC(CO)CC1. The normalized spacial score (nSPS) is 14.6. The van der Waals surface area contributed by atoms with Crippen LogP contribution in [0.1, 0.15) is 23.2 Å². The summed E-state index contributed by atoms with van der Waals surface area (Å²) in [5, 5.41) is 15.3. The lowest BCUT2D eigenvalue weighted by Crippen LogP contribution is -2.36. The van der Waals surface area contributed by atoms with Gasteiger partial charge in [-0.15, -0.1) is 0 Å². The first kappa shape index (κ1) is 20.2. The summed E-state index contributed by atoms with van der Waals surface area (Å²) in [4.78, 5) is 26.6. The molecule has 0 saturated carbocycles. The summed E-state index contributed by atoms with van der Waals surface area (Å²) in [6, 6.07) is 14.2. The highest BCUT2D eigenvalue weighted by atomic mass is 35.5. The van der Waals surface area contributed by atoms with Crippen molar-refractivity contribution in [1.82, 2.24) is 5.32 Å². The van der Waals surface area contributed by atoms with Gasteiger partial charge in [-0.05, 0) is 49.1 Å². The van der Waals surface area contributed by atoms with Gasteiger partial charge in [0.2, 0.25) is 5.91 Å². The Labute approximate surface area is 169 Å². The van der Waals surface area contributed by atoms with Crippen molar-refractivity contribution in [2.45, 2.75) is 12.8 Å². The van der Waals surface area contributed by atoms with Crippen LogP contribution in [0.4, 0.5) is 11.4 Å². The molecule has 0 bridgehead atoms. The summed E-state index contributed by atoms with van der Waals surface area (Å²) in [6.45, 7) is 1.69.